The van der Waals surface area contributed by atoms with Gasteiger partial charge >= 0.3 is 0 Å². The molecule has 0 bridgehead atoms. The minimum Gasteiger partial charge on any atom is -0.336 e. The number of nitrogens with two attached hydrogens (primary N) is 1. The van der Waals surface area contributed by atoms with Crippen molar-refractivity contribution in [2.24, 2.45) is 5.73 Å². The van der Waals surface area contributed by atoms with Crippen molar-refractivity contribution in [1.29, 1.82) is 0 Å². The highest BCUT2D eigenvalue weighted by atomic mass is 16.2. The van der Waals surface area contributed by atoms with Crippen LogP contribution in [0.2, 0.25) is 0 Å². The molecule has 0 saturated carbocycles. The summed E-state index contributed by atoms with van der Waals surface area (Å²) in [7, 11) is 0. The molecule has 1 unspecified atom stereocenters. The molecule has 0 spiro atoms. The highest BCUT2D eigenvalue weighted by Crippen LogP contribution is 2.28. The van der Waals surface area contributed by atoms with Gasteiger partial charge in [0, 0.05) is 31.9 Å². The third-order valence-electron chi connectivity index (χ3n) is 3.84. The van der Waals surface area contributed by atoms with E-state index in [-0.39, 0.29) is 11.4 Å². The maximum absolute atomic E-state index is 12.2. The lowest BCUT2D eigenvalue weighted by Crippen LogP contribution is -2.50. The van der Waals surface area contributed by atoms with E-state index in [4.69, 9.17) is 5.73 Å². The van der Waals surface area contributed by atoms with Crippen molar-refractivity contribution in [2.45, 2.75) is 38.1 Å². The van der Waals surface area contributed by atoms with Crippen LogP contribution in [0.15, 0.2) is 24.5 Å². The van der Waals surface area contributed by atoms with Gasteiger partial charge in [0.15, 0.2) is 0 Å². The first-order valence-corrected chi connectivity index (χ1v) is 6.55. The monoisotopic (exact) mass is 247 g/mol. The van der Waals surface area contributed by atoms with E-state index in [2.05, 4.69) is 11.9 Å². The van der Waals surface area contributed by atoms with Crippen LogP contribution in [-0.2, 0) is 11.2 Å². The zero-order chi connectivity index (χ0) is 13.0. The summed E-state index contributed by atoms with van der Waals surface area (Å²) in [5.41, 5.74) is 6.78. The fourth-order valence-corrected chi connectivity index (χ4v) is 2.59. The van der Waals surface area contributed by atoms with Gasteiger partial charge in [-0.3, -0.25) is 9.78 Å². The topological polar surface area (TPSA) is 59.2 Å². The Morgan fingerprint density at radius 3 is 3.11 bits per heavy atom. The molecule has 18 heavy (non-hydrogen) atoms. The number of hydrogen-bond acceptors (Lipinski definition) is 3. The molecule has 1 aromatic heterocycles. The lowest BCUT2D eigenvalue weighted by Gasteiger charge is -2.34. The molecule has 1 fully saturated rings. The number of pyridine rings is 1. The number of carbonyl (C=O) groups is 1. The first kappa shape index (κ1) is 13.0. The van der Waals surface area contributed by atoms with Crippen LogP contribution in [0.1, 0.15) is 31.7 Å². The van der Waals surface area contributed by atoms with Crippen LogP contribution in [0.5, 0.6) is 0 Å². The Labute approximate surface area is 108 Å². The van der Waals surface area contributed by atoms with E-state index in [1.807, 2.05) is 23.2 Å². The number of carbonyl (C=O) groups excluding carboxylic acids is 1. The molecule has 0 aromatic carbocycles. The number of aryl methyl sites for hydroxylation is 1. The predicted octanol–water partition coefficient (Wildman–Crippen LogP) is 1.35. The molecular weight excluding hydrogens is 226 g/mol. The molecule has 2 heterocycles. The predicted molar refractivity (Wildman–Crippen MR) is 71.0 cm³/mol. The minimum atomic E-state index is -0.133. The van der Waals surface area contributed by atoms with Crippen LogP contribution in [0, 0.1) is 0 Å². The summed E-state index contributed by atoms with van der Waals surface area (Å²) < 4.78 is 0. The van der Waals surface area contributed by atoms with Crippen LogP contribution >= 0.6 is 0 Å². The fraction of sp³-hybridized carbons (Fsp3) is 0.571. The second-order valence-corrected chi connectivity index (χ2v) is 5.21. The largest absolute Gasteiger partial charge is 0.336 e. The average molecular weight is 247 g/mol. The van der Waals surface area contributed by atoms with Crippen molar-refractivity contribution < 1.29 is 4.79 Å². The van der Waals surface area contributed by atoms with Gasteiger partial charge < -0.3 is 10.6 Å². The van der Waals surface area contributed by atoms with Crippen LogP contribution < -0.4 is 5.73 Å². The van der Waals surface area contributed by atoms with E-state index in [0.29, 0.717) is 13.0 Å². The standard InChI is InChI=1S/C14H21N3O/c1-14(11-15)7-3-9-17(14)13(18)6-5-12-4-2-8-16-10-12/h2,4,8,10H,3,5-7,9,11,15H2,1H3. The zero-order valence-electron chi connectivity index (χ0n) is 10.9. The van der Waals surface area contributed by atoms with Gasteiger partial charge in [0.05, 0.1) is 5.54 Å². The maximum Gasteiger partial charge on any atom is 0.223 e. The van der Waals surface area contributed by atoms with E-state index >= 15 is 0 Å². The average Bonchev–Trinajstić information content (AvgIpc) is 2.80. The first-order chi connectivity index (χ1) is 8.65. The van der Waals surface area contributed by atoms with Crippen LogP contribution in [-0.4, -0.2) is 34.4 Å². The highest BCUT2D eigenvalue weighted by Gasteiger charge is 2.37. The number of likely N-dealkylation sites (tertiary alicyclic amines) is 1. The van der Waals surface area contributed by atoms with Crippen LogP contribution in [0.3, 0.4) is 0 Å². The maximum atomic E-state index is 12.2. The van der Waals surface area contributed by atoms with Crippen molar-refractivity contribution in [2.75, 3.05) is 13.1 Å². The Bertz CT molecular complexity index is 407. The van der Waals surface area contributed by atoms with Crippen molar-refractivity contribution in [1.82, 2.24) is 9.88 Å². The molecule has 4 heteroatoms. The molecule has 2 rings (SSSR count). The van der Waals surface area contributed by atoms with Gasteiger partial charge in [0.25, 0.3) is 0 Å². The summed E-state index contributed by atoms with van der Waals surface area (Å²) in [4.78, 5) is 18.3. The summed E-state index contributed by atoms with van der Waals surface area (Å²) in [6, 6.07) is 3.91. The third-order valence-corrected chi connectivity index (χ3v) is 3.84. The molecular formula is C14H21N3O. The third kappa shape index (κ3) is 2.70. The molecule has 4 nitrogen and oxygen atoms in total. The van der Waals surface area contributed by atoms with E-state index in [1.54, 1.807) is 6.20 Å². The van der Waals surface area contributed by atoms with Crippen molar-refractivity contribution in [3.8, 4) is 0 Å². The summed E-state index contributed by atoms with van der Waals surface area (Å²) in [5.74, 6) is 0.212. The molecule has 98 valence electrons. The Hall–Kier alpha value is -1.42. The van der Waals surface area contributed by atoms with E-state index in [1.165, 1.54) is 0 Å². The summed E-state index contributed by atoms with van der Waals surface area (Å²) >= 11 is 0. The van der Waals surface area contributed by atoms with Gasteiger partial charge in [-0.15, -0.1) is 0 Å². The molecule has 1 saturated heterocycles. The Balaban J connectivity index is 1.92. The molecule has 2 N–H and O–H groups in total. The summed E-state index contributed by atoms with van der Waals surface area (Å²) in [6.07, 6.45) is 6.94. The Kier molecular flexibility index (Phi) is 3.97. The molecule has 1 aromatic rings. The quantitative estimate of drug-likeness (QED) is 0.873. The summed E-state index contributed by atoms with van der Waals surface area (Å²) in [5, 5.41) is 0. The van der Waals surface area contributed by atoms with E-state index in [0.717, 1.165) is 31.4 Å². The van der Waals surface area contributed by atoms with Gasteiger partial charge in [-0.1, -0.05) is 6.07 Å². The van der Waals surface area contributed by atoms with Gasteiger partial charge in [-0.2, -0.15) is 0 Å². The molecule has 0 radical (unpaired) electrons. The SMILES string of the molecule is CC1(CN)CCCN1C(=O)CCc1cccnc1. The summed E-state index contributed by atoms with van der Waals surface area (Å²) in [6.45, 7) is 3.48. The van der Waals surface area contributed by atoms with Crippen LogP contribution in [0.25, 0.3) is 0 Å². The van der Waals surface area contributed by atoms with E-state index in [9.17, 15) is 4.79 Å². The molecule has 1 atom stereocenters. The molecule has 0 aliphatic carbocycles. The van der Waals surface area contributed by atoms with Gasteiger partial charge in [-0.25, -0.2) is 0 Å². The smallest absolute Gasteiger partial charge is 0.223 e. The molecule has 1 amide bonds. The zero-order valence-corrected chi connectivity index (χ0v) is 10.9. The molecule has 1 aliphatic heterocycles. The molecule has 1 aliphatic rings. The number of nitrogens with zero attached hydrogens (tertiary/aromatic N) is 2. The van der Waals surface area contributed by atoms with Crippen molar-refractivity contribution in [3.63, 3.8) is 0 Å². The van der Waals surface area contributed by atoms with Crippen molar-refractivity contribution >= 4 is 5.91 Å². The Morgan fingerprint density at radius 2 is 2.44 bits per heavy atom. The number of amides is 1. The number of aromatic nitrogens is 1. The lowest BCUT2D eigenvalue weighted by molar-refractivity contribution is -0.134. The normalized spacial score (nSPS) is 23.3. The van der Waals surface area contributed by atoms with Crippen LogP contribution in [0.4, 0.5) is 0 Å². The Morgan fingerprint density at radius 1 is 1.61 bits per heavy atom. The lowest BCUT2D eigenvalue weighted by atomic mass is 9.98. The fourth-order valence-electron chi connectivity index (χ4n) is 2.59. The first-order valence-electron chi connectivity index (χ1n) is 6.55. The second kappa shape index (κ2) is 5.48. The van der Waals surface area contributed by atoms with Crippen molar-refractivity contribution in [3.05, 3.63) is 30.1 Å². The van der Waals surface area contributed by atoms with Gasteiger partial charge in [0.2, 0.25) is 5.91 Å². The van der Waals surface area contributed by atoms with Gasteiger partial charge in [-0.05, 0) is 37.8 Å². The second-order valence-electron chi connectivity index (χ2n) is 5.21. The highest BCUT2D eigenvalue weighted by molar-refractivity contribution is 5.77. The number of rotatable bonds is 4. The minimum absolute atomic E-state index is 0.133. The number of hydrogen-bond donors (Lipinski definition) is 1. The van der Waals surface area contributed by atoms with Gasteiger partial charge in [0.1, 0.15) is 0 Å². The van der Waals surface area contributed by atoms with E-state index < -0.39 is 0 Å².